The molecule has 21 heavy (non-hydrogen) atoms. The highest BCUT2D eigenvalue weighted by atomic mass is 19.4. The second kappa shape index (κ2) is 4.98. The van der Waals surface area contributed by atoms with Gasteiger partial charge in [0.25, 0.3) is 11.7 Å². The number of carbonyl (C=O) groups is 3. The van der Waals surface area contributed by atoms with Gasteiger partial charge in [0.1, 0.15) is 0 Å². The number of fused-ring (bicyclic) bond motifs is 1. The van der Waals surface area contributed by atoms with Crippen LogP contribution >= 0.6 is 0 Å². The molecular weight excluding hydrogens is 287 g/mol. The second-order valence-electron chi connectivity index (χ2n) is 4.73. The highest BCUT2D eigenvalue weighted by Crippen LogP contribution is 2.37. The number of Topliss-reactive ketones (excluding diaryl/α,β-unsaturated/α-hetero) is 2. The van der Waals surface area contributed by atoms with Crippen molar-refractivity contribution in [3.05, 3.63) is 29.3 Å². The Labute approximate surface area is 118 Å². The van der Waals surface area contributed by atoms with E-state index in [0.717, 1.165) is 17.0 Å². The number of halogens is 3. The highest BCUT2D eigenvalue weighted by Gasteiger charge is 2.42. The lowest BCUT2D eigenvalue weighted by Gasteiger charge is -2.23. The van der Waals surface area contributed by atoms with Crippen molar-refractivity contribution in [3.63, 3.8) is 0 Å². The van der Waals surface area contributed by atoms with E-state index in [0.29, 0.717) is 6.07 Å². The first kappa shape index (κ1) is 15.2. The Morgan fingerprint density at radius 3 is 2.43 bits per heavy atom. The molecule has 1 aromatic carbocycles. The van der Waals surface area contributed by atoms with Gasteiger partial charge in [0.15, 0.2) is 5.78 Å². The van der Waals surface area contributed by atoms with Crippen LogP contribution in [-0.2, 0) is 15.8 Å². The molecule has 0 saturated heterocycles. The van der Waals surface area contributed by atoms with Gasteiger partial charge in [-0.25, -0.2) is 0 Å². The van der Waals surface area contributed by atoms with Gasteiger partial charge in [-0.05, 0) is 25.1 Å². The summed E-state index contributed by atoms with van der Waals surface area (Å²) in [6.45, 7) is 3.05. The molecule has 0 aliphatic carbocycles. The van der Waals surface area contributed by atoms with Crippen LogP contribution in [0.1, 0.15) is 36.2 Å². The van der Waals surface area contributed by atoms with E-state index in [1.165, 1.54) is 6.92 Å². The van der Waals surface area contributed by atoms with Crippen LogP contribution in [0.15, 0.2) is 18.2 Å². The van der Waals surface area contributed by atoms with Gasteiger partial charge >= 0.3 is 6.18 Å². The Morgan fingerprint density at radius 1 is 1.29 bits per heavy atom. The molecule has 0 bridgehead atoms. The molecule has 112 valence electrons. The number of hydrogen-bond acceptors (Lipinski definition) is 3. The van der Waals surface area contributed by atoms with Gasteiger partial charge in [0, 0.05) is 6.42 Å². The number of ketones is 2. The van der Waals surface area contributed by atoms with Gasteiger partial charge in [0.05, 0.1) is 22.9 Å². The second-order valence-corrected chi connectivity index (χ2v) is 4.73. The van der Waals surface area contributed by atoms with Crippen molar-refractivity contribution in [2.45, 2.75) is 32.5 Å². The quantitative estimate of drug-likeness (QED) is 0.806. The normalized spacial score (nSPS) is 16.1. The lowest BCUT2D eigenvalue weighted by Crippen LogP contribution is -2.42. The average Bonchev–Trinajstić information content (AvgIpc) is 2.68. The molecule has 0 aromatic heterocycles. The Balaban J connectivity index is 2.51. The molecule has 0 fully saturated rings. The van der Waals surface area contributed by atoms with Crippen LogP contribution in [0.5, 0.6) is 0 Å². The van der Waals surface area contributed by atoms with Crippen molar-refractivity contribution in [3.8, 4) is 0 Å². The van der Waals surface area contributed by atoms with E-state index in [1.807, 2.05) is 0 Å². The zero-order chi connectivity index (χ0) is 15.9. The van der Waals surface area contributed by atoms with Gasteiger partial charge in [-0.3, -0.25) is 19.3 Å². The van der Waals surface area contributed by atoms with Crippen molar-refractivity contribution < 1.29 is 27.6 Å². The maximum atomic E-state index is 12.7. The number of alkyl halides is 3. The average molecular weight is 299 g/mol. The first-order valence-corrected chi connectivity index (χ1v) is 6.30. The summed E-state index contributed by atoms with van der Waals surface area (Å²) in [5, 5.41) is 0. The molecule has 1 atom stereocenters. The molecule has 0 spiro atoms. The molecule has 4 nitrogen and oxygen atoms in total. The Bertz CT molecular complexity index is 637. The maximum Gasteiger partial charge on any atom is 0.416 e. The number of hydrogen-bond donors (Lipinski definition) is 0. The minimum Gasteiger partial charge on any atom is -0.297 e. The molecule has 1 aromatic rings. The third kappa shape index (κ3) is 2.43. The summed E-state index contributed by atoms with van der Waals surface area (Å²) < 4.78 is 38.0. The molecule has 0 N–H and O–H groups in total. The number of benzene rings is 1. The SMILES string of the molecule is CCC(=O)C(C)N1C(=O)C(=O)c2cc(C(F)(F)F)ccc21. The van der Waals surface area contributed by atoms with E-state index < -0.39 is 29.5 Å². The Morgan fingerprint density at radius 2 is 1.90 bits per heavy atom. The number of carbonyl (C=O) groups excluding carboxylic acids is 3. The first-order valence-electron chi connectivity index (χ1n) is 6.30. The minimum absolute atomic E-state index is 0.0484. The standard InChI is InChI=1S/C14H12F3NO3/c1-3-11(19)7(2)18-10-5-4-8(14(15,16)17)6-9(10)12(20)13(18)21/h4-7H,3H2,1-2H3. The summed E-state index contributed by atoms with van der Waals surface area (Å²) in [4.78, 5) is 36.4. The van der Waals surface area contributed by atoms with E-state index in [9.17, 15) is 27.6 Å². The number of nitrogens with zero attached hydrogens (tertiary/aromatic N) is 1. The molecule has 1 aliphatic rings. The fraction of sp³-hybridized carbons (Fsp3) is 0.357. The highest BCUT2D eigenvalue weighted by molar-refractivity contribution is 6.52. The molecular formula is C14H12F3NO3. The molecule has 1 aliphatic heterocycles. The summed E-state index contributed by atoms with van der Waals surface area (Å²) >= 11 is 0. The number of amides is 1. The first-order chi connectivity index (χ1) is 9.68. The third-order valence-electron chi connectivity index (χ3n) is 3.44. The van der Waals surface area contributed by atoms with Crippen LogP contribution in [0.25, 0.3) is 0 Å². The fourth-order valence-corrected chi connectivity index (χ4v) is 2.26. The number of rotatable bonds is 3. The van der Waals surface area contributed by atoms with Crippen molar-refractivity contribution in [1.29, 1.82) is 0 Å². The predicted octanol–water partition coefficient (Wildman–Crippen LogP) is 2.60. The summed E-state index contributed by atoms with van der Waals surface area (Å²) in [6, 6.07) is 1.62. The predicted molar refractivity (Wildman–Crippen MR) is 68.0 cm³/mol. The lowest BCUT2D eigenvalue weighted by molar-refractivity contribution is -0.137. The molecule has 1 heterocycles. The zero-order valence-electron chi connectivity index (χ0n) is 11.3. The summed E-state index contributed by atoms with van der Waals surface area (Å²) in [6.07, 6.45) is -4.44. The smallest absolute Gasteiger partial charge is 0.297 e. The molecule has 2 rings (SSSR count). The van der Waals surface area contributed by atoms with Gasteiger partial charge in [0.2, 0.25) is 0 Å². The monoisotopic (exact) mass is 299 g/mol. The summed E-state index contributed by atoms with van der Waals surface area (Å²) in [5.41, 5.74) is -1.27. The molecule has 7 heteroatoms. The summed E-state index contributed by atoms with van der Waals surface area (Å²) in [7, 11) is 0. The minimum atomic E-state index is -4.60. The fourth-order valence-electron chi connectivity index (χ4n) is 2.26. The van der Waals surface area contributed by atoms with Crippen LogP contribution in [0.2, 0.25) is 0 Å². The van der Waals surface area contributed by atoms with E-state index in [2.05, 4.69) is 0 Å². The largest absolute Gasteiger partial charge is 0.416 e. The van der Waals surface area contributed by atoms with Crippen molar-refractivity contribution in [1.82, 2.24) is 0 Å². The van der Waals surface area contributed by atoms with Crippen LogP contribution in [0, 0.1) is 0 Å². The van der Waals surface area contributed by atoms with Crippen molar-refractivity contribution >= 4 is 23.2 Å². The van der Waals surface area contributed by atoms with Gasteiger partial charge in [-0.15, -0.1) is 0 Å². The Hall–Kier alpha value is -2.18. The van der Waals surface area contributed by atoms with Crippen LogP contribution in [-0.4, -0.2) is 23.5 Å². The third-order valence-corrected chi connectivity index (χ3v) is 3.44. The van der Waals surface area contributed by atoms with E-state index in [1.54, 1.807) is 6.92 Å². The summed E-state index contributed by atoms with van der Waals surface area (Å²) in [5.74, 6) is -2.27. The van der Waals surface area contributed by atoms with Crippen LogP contribution < -0.4 is 4.90 Å². The zero-order valence-corrected chi connectivity index (χ0v) is 11.3. The van der Waals surface area contributed by atoms with Crippen molar-refractivity contribution in [2.75, 3.05) is 4.90 Å². The number of anilines is 1. The van der Waals surface area contributed by atoms with Crippen molar-refractivity contribution in [2.24, 2.45) is 0 Å². The van der Waals surface area contributed by atoms with Gasteiger partial charge < -0.3 is 0 Å². The lowest BCUT2D eigenvalue weighted by atomic mass is 10.1. The van der Waals surface area contributed by atoms with E-state index in [4.69, 9.17) is 0 Å². The van der Waals surface area contributed by atoms with Gasteiger partial charge in [-0.1, -0.05) is 6.92 Å². The van der Waals surface area contributed by atoms with E-state index in [-0.39, 0.29) is 23.5 Å². The molecule has 1 unspecified atom stereocenters. The molecule has 0 radical (unpaired) electrons. The Kier molecular flexibility index (Phi) is 3.61. The topological polar surface area (TPSA) is 54.5 Å². The molecule has 0 saturated carbocycles. The van der Waals surface area contributed by atoms with Gasteiger partial charge in [-0.2, -0.15) is 13.2 Å². The van der Waals surface area contributed by atoms with E-state index >= 15 is 0 Å². The maximum absolute atomic E-state index is 12.7. The van der Waals surface area contributed by atoms with Crippen LogP contribution in [0.4, 0.5) is 18.9 Å². The van der Waals surface area contributed by atoms with Crippen LogP contribution in [0.3, 0.4) is 0 Å². The molecule has 1 amide bonds.